The van der Waals surface area contributed by atoms with E-state index in [9.17, 15) is 22.4 Å². The highest BCUT2D eigenvalue weighted by Crippen LogP contribution is 2.20. The molecule has 1 aliphatic heterocycles. The van der Waals surface area contributed by atoms with E-state index in [4.69, 9.17) is 11.6 Å². The van der Waals surface area contributed by atoms with Crippen LogP contribution < -0.4 is 10.6 Å². The summed E-state index contributed by atoms with van der Waals surface area (Å²) in [5.74, 6) is -1.60. The molecule has 10 heteroatoms. The quantitative estimate of drug-likeness (QED) is 0.764. The summed E-state index contributed by atoms with van der Waals surface area (Å²) in [4.78, 5) is 26.2. The second-order valence-corrected chi connectivity index (χ2v) is 9.27. The van der Waals surface area contributed by atoms with E-state index in [1.54, 1.807) is 0 Å². The fourth-order valence-corrected chi connectivity index (χ4v) is 4.65. The first-order chi connectivity index (χ1) is 13.8. The molecular formula is C19H19ClFN3O4S. The first-order valence-corrected chi connectivity index (χ1v) is 10.9. The van der Waals surface area contributed by atoms with Crippen LogP contribution in [0.25, 0.3) is 0 Å². The smallest absolute Gasteiger partial charge is 0.321 e. The van der Waals surface area contributed by atoms with E-state index in [1.807, 2.05) is 30.3 Å². The fraction of sp³-hybridized carbons (Fsp3) is 0.263. The molecule has 29 heavy (non-hydrogen) atoms. The molecule has 0 aromatic heterocycles. The summed E-state index contributed by atoms with van der Waals surface area (Å²) in [7, 11) is -3.68. The molecule has 3 amide bonds. The number of carbonyl (C=O) groups is 2. The predicted molar refractivity (Wildman–Crippen MR) is 108 cm³/mol. The minimum atomic E-state index is -3.68. The molecule has 0 bridgehead atoms. The van der Waals surface area contributed by atoms with Crippen molar-refractivity contribution in [3.8, 4) is 0 Å². The van der Waals surface area contributed by atoms with Gasteiger partial charge in [0.15, 0.2) is 15.1 Å². The zero-order chi connectivity index (χ0) is 21.0. The Morgan fingerprint density at radius 2 is 1.90 bits per heavy atom. The van der Waals surface area contributed by atoms with Crippen LogP contribution in [0, 0.1) is 5.82 Å². The summed E-state index contributed by atoms with van der Waals surface area (Å²) < 4.78 is 38.0. The van der Waals surface area contributed by atoms with Crippen molar-refractivity contribution in [2.75, 3.05) is 24.2 Å². The first kappa shape index (κ1) is 21.1. The molecule has 1 heterocycles. The van der Waals surface area contributed by atoms with Crippen LogP contribution in [-0.2, 0) is 21.2 Å². The van der Waals surface area contributed by atoms with Gasteiger partial charge in [-0.25, -0.2) is 17.6 Å². The van der Waals surface area contributed by atoms with Gasteiger partial charge in [0.05, 0.1) is 10.8 Å². The SMILES string of the molecule is O=C(NCc1ccccc1)C1CN(C(=O)Nc2ccc(F)c(Cl)c2)CCS1(=O)=O. The van der Waals surface area contributed by atoms with Crippen LogP contribution in [0.3, 0.4) is 0 Å². The molecule has 1 atom stereocenters. The Balaban J connectivity index is 1.65. The van der Waals surface area contributed by atoms with Crippen molar-refractivity contribution in [1.29, 1.82) is 0 Å². The Bertz CT molecular complexity index is 1020. The van der Waals surface area contributed by atoms with Crippen LogP contribution in [0.5, 0.6) is 0 Å². The number of anilines is 1. The average Bonchev–Trinajstić information content (AvgIpc) is 2.69. The monoisotopic (exact) mass is 439 g/mol. The van der Waals surface area contributed by atoms with Gasteiger partial charge in [0.25, 0.3) is 0 Å². The number of nitrogens with one attached hydrogen (secondary N) is 2. The summed E-state index contributed by atoms with van der Waals surface area (Å²) in [5.41, 5.74) is 1.09. The Hall–Kier alpha value is -2.65. The Morgan fingerprint density at radius 1 is 1.17 bits per heavy atom. The maximum atomic E-state index is 13.2. The van der Waals surface area contributed by atoms with Crippen molar-refractivity contribution in [3.05, 3.63) is 64.9 Å². The van der Waals surface area contributed by atoms with Gasteiger partial charge in [-0.1, -0.05) is 41.9 Å². The van der Waals surface area contributed by atoms with Gasteiger partial charge >= 0.3 is 6.03 Å². The number of halogens is 2. The zero-order valence-corrected chi connectivity index (χ0v) is 16.8. The number of nitrogens with zero attached hydrogens (tertiary/aromatic N) is 1. The number of carbonyl (C=O) groups excluding carboxylic acids is 2. The molecular weight excluding hydrogens is 421 g/mol. The lowest BCUT2D eigenvalue weighted by Gasteiger charge is -2.32. The molecule has 1 saturated heterocycles. The normalized spacial score (nSPS) is 18.1. The molecule has 0 aliphatic carbocycles. The highest BCUT2D eigenvalue weighted by Gasteiger charge is 2.39. The lowest BCUT2D eigenvalue weighted by atomic mass is 10.2. The van der Waals surface area contributed by atoms with Gasteiger partial charge in [-0.05, 0) is 23.8 Å². The third kappa shape index (κ3) is 5.24. The zero-order valence-electron chi connectivity index (χ0n) is 15.3. The lowest BCUT2D eigenvalue weighted by molar-refractivity contribution is -0.121. The molecule has 1 aliphatic rings. The largest absolute Gasteiger partial charge is 0.351 e. The maximum Gasteiger partial charge on any atom is 0.321 e. The van der Waals surface area contributed by atoms with Crippen molar-refractivity contribution in [2.45, 2.75) is 11.8 Å². The third-order valence-corrected chi connectivity index (χ3v) is 6.80. The predicted octanol–water partition coefficient (Wildman–Crippen LogP) is 2.43. The molecule has 2 aromatic carbocycles. The van der Waals surface area contributed by atoms with E-state index in [-0.39, 0.29) is 36.1 Å². The van der Waals surface area contributed by atoms with E-state index in [0.717, 1.165) is 11.6 Å². The average molecular weight is 440 g/mol. The van der Waals surface area contributed by atoms with E-state index in [2.05, 4.69) is 10.6 Å². The molecule has 0 spiro atoms. The number of rotatable bonds is 4. The number of urea groups is 1. The minimum Gasteiger partial charge on any atom is -0.351 e. The second-order valence-electron chi connectivity index (χ2n) is 6.56. The molecule has 1 fully saturated rings. The summed E-state index contributed by atoms with van der Waals surface area (Å²) in [6, 6.07) is 12.2. The molecule has 1 unspecified atom stereocenters. The van der Waals surface area contributed by atoms with Crippen molar-refractivity contribution in [3.63, 3.8) is 0 Å². The summed E-state index contributed by atoms with van der Waals surface area (Å²) in [5, 5.41) is 3.64. The molecule has 0 saturated carbocycles. The number of hydrogen-bond acceptors (Lipinski definition) is 4. The maximum absolute atomic E-state index is 13.2. The lowest BCUT2D eigenvalue weighted by Crippen LogP contribution is -2.55. The van der Waals surface area contributed by atoms with Gasteiger partial charge in [-0.2, -0.15) is 0 Å². The standard InChI is InChI=1S/C19H19ClFN3O4S/c20-15-10-14(6-7-16(15)21)23-19(26)24-8-9-29(27,28)17(12-24)18(25)22-11-13-4-2-1-3-5-13/h1-7,10,17H,8-9,11-12H2,(H,22,25)(H,23,26). The van der Waals surface area contributed by atoms with E-state index in [1.165, 1.54) is 17.0 Å². The van der Waals surface area contributed by atoms with Gasteiger partial charge in [-0.3, -0.25) is 4.79 Å². The van der Waals surface area contributed by atoms with Gasteiger partial charge in [0.2, 0.25) is 5.91 Å². The van der Waals surface area contributed by atoms with Gasteiger partial charge in [0, 0.05) is 25.3 Å². The van der Waals surface area contributed by atoms with Crippen LogP contribution in [0.4, 0.5) is 14.9 Å². The number of benzene rings is 2. The van der Waals surface area contributed by atoms with Crippen LogP contribution in [0.2, 0.25) is 5.02 Å². The third-order valence-electron chi connectivity index (χ3n) is 4.53. The van der Waals surface area contributed by atoms with Gasteiger partial charge in [-0.15, -0.1) is 0 Å². The summed E-state index contributed by atoms with van der Waals surface area (Å²) >= 11 is 5.70. The molecule has 0 radical (unpaired) electrons. The van der Waals surface area contributed by atoms with Crippen molar-refractivity contribution in [2.24, 2.45) is 0 Å². The number of sulfone groups is 1. The van der Waals surface area contributed by atoms with E-state index < -0.39 is 32.8 Å². The summed E-state index contributed by atoms with van der Waals surface area (Å²) in [6.07, 6.45) is 0. The van der Waals surface area contributed by atoms with Crippen LogP contribution in [-0.4, -0.2) is 49.3 Å². The molecule has 3 rings (SSSR count). The highest BCUT2D eigenvalue weighted by atomic mass is 35.5. The molecule has 7 nitrogen and oxygen atoms in total. The Kier molecular flexibility index (Phi) is 6.39. The summed E-state index contributed by atoms with van der Waals surface area (Å²) in [6.45, 7) is -0.138. The number of amides is 3. The minimum absolute atomic E-state index is 0.0500. The van der Waals surface area contributed by atoms with Crippen molar-refractivity contribution in [1.82, 2.24) is 10.2 Å². The Morgan fingerprint density at radius 3 is 2.59 bits per heavy atom. The Labute approximate surface area is 172 Å². The van der Waals surface area contributed by atoms with E-state index in [0.29, 0.717) is 0 Å². The first-order valence-electron chi connectivity index (χ1n) is 8.80. The van der Waals surface area contributed by atoms with Crippen LogP contribution in [0.15, 0.2) is 48.5 Å². The van der Waals surface area contributed by atoms with Gasteiger partial charge < -0.3 is 15.5 Å². The van der Waals surface area contributed by atoms with E-state index >= 15 is 0 Å². The van der Waals surface area contributed by atoms with Crippen LogP contribution >= 0.6 is 11.6 Å². The topological polar surface area (TPSA) is 95.6 Å². The van der Waals surface area contributed by atoms with Gasteiger partial charge in [0.1, 0.15) is 5.82 Å². The van der Waals surface area contributed by atoms with Crippen molar-refractivity contribution < 1.29 is 22.4 Å². The molecule has 2 aromatic rings. The number of hydrogen-bond donors (Lipinski definition) is 2. The fourth-order valence-electron chi connectivity index (χ4n) is 2.89. The highest BCUT2D eigenvalue weighted by molar-refractivity contribution is 7.92. The van der Waals surface area contributed by atoms with Crippen molar-refractivity contribution >= 4 is 39.1 Å². The molecule has 154 valence electrons. The van der Waals surface area contributed by atoms with Crippen LogP contribution in [0.1, 0.15) is 5.56 Å². The second kappa shape index (κ2) is 8.79. The molecule has 2 N–H and O–H groups in total.